The summed E-state index contributed by atoms with van der Waals surface area (Å²) in [6.45, 7) is 2.70. The highest BCUT2D eigenvalue weighted by Gasteiger charge is 2.22. The van der Waals surface area contributed by atoms with Crippen molar-refractivity contribution in [3.63, 3.8) is 0 Å². The zero-order valence-electron chi connectivity index (χ0n) is 10.1. The third kappa shape index (κ3) is 3.40. The Morgan fingerprint density at radius 2 is 2.33 bits per heavy atom. The summed E-state index contributed by atoms with van der Waals surface area (Å²) in [6.07, 6.45) is 1.87. The van der Waals surface area contributed by atoms with Crippen LogP contribution in [-0.4, -0.2) is 24.7 Å². The fourth-order valence-corrected chi connectivity index (χ4v) is 2.49. The monoisotopic (exact) mass is 285 g/mol. The Bertz CT molecular complexity index is 453. The van der Waals surface area contributed by atoms with Crippen molar-refractivity contribution in [2.45, 2.75) is 36.8 Å². The van der Waals surface area contributed by atoms with E-state index in [4.69, 9.17) is 16.3 Å². The van der Waals surface area contributed by atoms with Crippen LogP contribution in [0.2, 0.25) is 5.02 Å². The first-order chi connectivity index (χ1) is 8.56. The Kier molecular flexibility index (Phi) is 4.54. The molecule has 1 aliphatic heterocycles. The predicted octanol–water partition coefficient (Wildman–Crippen LogP) is 2.93. The Morgan fingerprint density at radius 3 is 3.06 bits per heavy atom. The average Bonchev–Trinajstić information content (AvgIpc) is 2.32. The standard InChI is InChI=1S/C13H16ClNO2S/c1-8-6-9(4-5-17-8)15-13(16)11-7-10(18)2-3-12(11)14/h2-3,7-9,18H,4-6H2,1H3,(H,15,16). The molecular formula is C13H16ClNO2S. The molecule has 3 nitrogen and oxygen atoms in total. The highest BCUT2D eigenvalue weighted by molar-refractivity contribution is 7.80. The minimum Gasteiger partial charge on any atom is -0.378 e. The molecular weight excluding hydrogens is 270 g/mol. The van der Waals surface area contributed by atoms with Crippen molar-refractivity contribution in [2.24, 2.45) is 0 Å². The van der Waals surface area contributed by atoms with E-state index in [0.29, 0.717) is 17.2 Å². The van der Waals surface area contributed by atoms with Gasteiger partial charge in [0.2, 0.25) is 0 Å². The second-order valence-electron chi connectivity index (χ2n) is 4.54. The van der Waals surface area contributed by atoms with Gasteiger partial charge in [0.15, 0.2) is 0 Å². The maximum absolute atomic E-state index is 12.1. The van der Waals surface area contributed by atoms with E-state index in [2.05, 4.69) is 17.9 Å². The van der Waals surface area contributed by atoms with Crippen molar-refractivity contribution in [3.8, 4) is 0 Å². The highest BCUT2D eigenvalue weighted by Crippen LogP contribution is 2.20. The molecule has 0 aliphatic carbocycles. The van der Waals surface area contributed by atoms with Crippen LogP contribution in [0.15, 0.2) is 23.1 Å². The minimum absolute atomic E-state index is 0.144. The molecule has 0 radical (unpaired) electrons. The molecule has 0 spiro atoms. The molecule has 1 N–H and O–H groups in total. The molecule has 18 heavy (non-hydrogen) atoms. The van der Waals surface area contributed by atoms with Gasteiger partial charge in [-0.2, -0.15) is 0 Å². The molecule has 1 aromatic rings. The van der Waals surface area contributed by atoms with Crippen LogP contribution in [0.3, 0.4) is 0 Å². The number of rotatable bonds is 2. The van der Waals surface area contributed by atoms with E-state index in [1.807, 2.05) is 6.92 Å². The summed E-state index contributed by atoms with van der Waals surface area (Å²) in [7, 11) is 0. The number of nitrogens with one attached hydrogen (secondary N) is 1. The molecule has 1 aliphatic rings. The van der Waals surface area contributed by atoms with Crippen molar-refractivity contribution in [1.29, 1.82) is 0 Å². The normalized spacial score (nSPS) is 23.7. The molecule has 2 rings (SSSR count). The van der Waals surface area contributed by atoms with Gasteiger partial charge in [-0.15, -0.1) is 12.6 Å². The predicted molar refractivity (Wildman–Crippen MR) is 74.6 cm³/mol. The van der Waals surface area contributed by atoms with Crippen molar-refractivity contribution in [1.82, 2.24) is 5.32 Å². The lowest BCUT2D eigenvalue weighted by atomic mass is 10.0. The van der Waals surface area contributed by atoms with Gasteiger partial charge in [0.1, 0.15) is 0 Å². The molecule has 1 amide bonds. The number of thiol groups is 1. The minimum atomic E-state index is -0.144. The molecule has 2 unspecified atom stereocenters. The van der Waals surface area contributed by atoms with Gasteiger partial charge in [0, 0.05) is 17.5 Å². The topological polar surface area (TPSA) is 38.3 Å². The van der Waals surface area contributed by atoms with Crippen LogP contribution >= 0.6 is 24.2 Å². The van der Waals surface area contributed by atoms with Crippen LogP contribution < -0.4 is 5.32 Å². The van der Waals surface area contributed by atoms with Crippen LogP contribution in [-0.2, 0) is 4.74 Å². The van der Waals surface area contributed by atoms with E-state index in [-0.39, 0.29) is 18.1 Å². The average molecular weight is 286 g/mol. The maximum atomic E-state index is 12.1. The molecule has 98 valence electrons. The van der Waals surface area contributed by atoms with Crippen molar-refractivity contribution >= 4 is 30.1 Å². The third-order valence-corrected chi connectivity index (χ3v) is 3.62. The van der Waals surface area contributed by atoms with Gasteiger partial charge in [-0.1, -0.05) is 11.6 Å². The summed E-state index contributed by atoms with van der Waals surface area (Å²) in [5.41, 5.74) is 0.475. The van der Waals surface area contributed by atoms with E-state index in [1.165, 1.54) is 0 Å². The zero-order chi connectivity index (χ0) is 13.1. The van der Waals surface area contributed by atoms with Gasteiger partial charge in [-0.05, 0) is 38.0 Å². The summed E-state index contributed by atoms with van der Waals surface area (Å²) in [5, 5.41) is 3.45. The second kappa shape index (κ2) is 5.95. The summed E-state index contributed by atoms with van der Waals surface area (Å²) in [6, 6.07) is 5.29. The molecule has 1 heterocycles. The number of hydrogen-bond donors (Lipinski definition) is 2. The quantitative estimate of drug-likeness (QED) is 0.820. The summed E-state index contributed by atoms with van der Waals surface area (Å²) < 4.78 is 5.45. The Hall–Kier alpha value is -0.710. The Morgan fingerprint density at radius 1 is 1.56 bits per heavy atom. The lowest BCUT2D eigenvalue weighted by molar-refractivity contribution is 0.0136. The van der Waals surface area contributed by atoms with Crippen LogP contribution in [0.25, 0.3) is 0 Å². The number of ether oxygens (including phenoxy) is 1. The number of carbonyl (C=O) groups excluding carboxylic acids is 1. The highest BCUT2D eigenvalue weighted by atomic mass is 35.5. The molecule has 1 saturated heterocycles. The second-order valence-corrected chi connectivity index (χ2v) is 5.46. The molecule has 2 atom stereocenters. The number of halogens is 1. The molecule has 1 fully saturated rings. The van der Waals surface area contributed by atoms with Gasteiger partial charge in [-0.25, -0.2) is 0 Å². The number of amides is 1. The Labute approximate surface area is 117 Å². The van der Waals surface area contributed by atoms with Gasteiger partial charge >= 0.3 is 0 Å². The summed E-state index contributed by atoms with van der Waals surface area (Å²) in [4.78, 5) is 12.8. The first-order valence-corrected chi connectivity index (χ1v) is 6.80. The van der Waals surface area contributed by atoms with Gasteiger partial charge in [-0.3, -0.25) is 4.79 Å². The first kappa shape index (κ1) is 13.7. The van der Waals surface area contributed by atoms with Crippen molar-refractivity contribution in [3.05, 3.63) is 28.8 Å². The van der Waals surface area contributed by atoms with E-state index < -0.39 is 0 Å². The van der Waals surface area contributed by atoms with Crippen LogP contribution in [0.1, 0.15) is 30.1 Å². The summed E-state index contributed by atoms with van der Waals surface area (Å²) >= 11 is 10.2. The van der Waals surface area contributed by atoms with Crippen LogP contribution in [0.5, 0.6) is 0 Å². The van der Waals surface area contributed by atoms with Crippen molar-refractivity contribution in [2.75, 3.05) is 6.61 Å². The number of benzene rings is 1. The lowest BCUT2D eigenvalue weighted by Gasteiger charge is -2.28. The van der Waals surface area contributed by atoms with E-state index >= 15 is 0 Å². The SMILES string of the molecule is CC1CC(NC(=O)c2cc(S)ccc2Cl)CCO1. The van der Waals surface area contributed by atoms with E-state index in [0.717, 1.165) is 17.7 Å². The molecule has 1 aromatic carbocycles. The smallest absolute Gasteiger partial charge is 0.253 e. The molecule has 5 heteroatoms. The number of hydrogen-bond acceptors (Lipinski definition) is 3. The van der Waals surface area contributed by atoms with Gasteiger partial charge < -0.3 is 10.1 Å². The fraction of sp³-hybridized carbons (Fsp3) is 0.462. The molecule has 0 saturated carbocycles. The van der Waals surface area contributed by atoms with Gasteiger partial charge in [0.05, 0.1) is 16.7 Å². The van der Waals surface area contributed by atoms with E-state index in [9.17, 15) is 4.79 Å². The van der Waals surface area contributed by atoms with Crippen LogP contribution in [0, 0.1) is 0 Å². The van der Waals surface area contributed by atoms with E-state index in [1.54, 1.807) is 18.2 Å². The third-order valence-electron chi connectivity index (χ3n) is 3.01. The zero-order valence-corrected chi connectivity index (χ0v) is 11.8. The van der Waals surface area contributed by atoms with Crippen molar-refractivity contribution < 1.29 is 9.53 Å². The molecule has 0 aromatic heterocycles. The molecule has 0 bridgehead atoms. The fourth-order valence-electron chi connectivity index (χ4n) is 2.08. The first-order valence-electron chi connectivity index (χ1n) is 5.97. The largest absolute Gasteiger partial charge is 0.378 e. The summed E-state index contributed by atoms with van der Waals surface area (Å²) in [5.74, 6) is -0.144. The van der Waals surface area contributed by atoms with Crippen LogP contribution in [0.4, 0.5) is 0 Å². The lowest BCUT2D eigenvalue weighted by Crippen LogP contribution is -2.41. The van der Waals surface area contributed by atoms with Gasteiger partial charge in [0.25, 0.3) is 5.91 Å². The number of carbonyl (C=O) groups is 1. The Balaban J connectivity index is 2.05. The maximum Gasteiger partial charge on any atom is 0.253 e.